The van der Waals surface area contributed by atoms with Gasteiger partial charge in [0.05, 0.1) is 9.79 Å². The van der Waals surface area contributed by atoms with Crippen LogP contribution in [0.15, 0.2) is 107 Å². The van der Waals surface area contributed by atoms with Crippen molar-refractivity contribution in [2.75, 3.05) is 26.2 Å². The molecule has 2 heterocycles. The molecule has 0 saturated carbocycles. The zero-order valence-corrected chi connectivity index (χ0v) is 32.2. The van der Waals surface area contributed by atoms with Crippen molar-refractivity contribution in [1.82, 2.24) is 9.80 Å². The van der Waals surface area contributed by atoms with E-state index in [0.29, 0.717) is 0 Å². The summed E-state index contributed by atoms with van der Waals surface area (Å²) in [6.07, 6.45) is -0.849. The molecule has 4 aromatic rings. The Kier molecular flexibility index (Phi) is 10.4. The molecule has 14 nitrogen and oxygen atoms in total. The molecule has 2 aliphatic carbocycles. The van der Waals surface area contributed by atoms with Crippen molar-refractivity contribution < 1.29 is 56.2 Å². The number of ether oxygens (including phenoxy) is 2. The fraction of sp³-hybridized carbons (Fsp3) is 0.273. The molecule has 59 heavy (non-hydrogen) atoms. The Bertz CT molecular complexity index is 2400. The van der Waals surface area contributed by atoms with Crippen molar-refractivity contribution in [2.24, 2.45) is 23.7 Å². The van der Waals surface area contributed by atoms with Gasteiger partial charge in [-0.1, -0.05) is 60.7 Å². The lowest BCUT2D eigenvalue weighted by atomic mass is 9.88. The molecule has 4 unspecified atom stereocenters. The molecule has 2 saturated heterocycles. The summed E-state index contributed by atoms with van der Waals surface area (Å²) in [5, 5.41) is 0. The number of sulfone groups is 1. The van der Waals surface area contributed by atoms with E-state index in [1.54, 1.807) is 48.5 Å². The Labute approximate surface area is 338 Å². The molecule has 0 radical (unpaired) electrons. The average Bonchev–Trinajstić information content (AvgIpc) is 4.05. The molecular formula is C44H36N2O12S. The van der Waals surface area contributed by atoms with Crippen LogP contribution in [0.1, 0.15) is 65.4 Å². The zero-order valence-electron chi connectivity index (χ0n) is 31.4. The number of fused-ring (bicyclic) bond motifs is 2. The smallest absolute Gasteiger partial charge is 0.410 e. The first kappa shape index (κ1) is 39.2. The van der Waals surface area contributed by atoms with Crippen molar-refractivity contribution in [3.8, 4) is 0 Å². The van der Waals surface area contributed by atoms with Gasteiger partial charge in [-0.3, -0.25) is 28.8 Å². The van der Waals surface area contributed by atoms with Crippen LogP contribution in [0, 0.1) is 23.7 Å². The maximum absolute atomic E-state index is 13.9. The van der Waals surface area contributed by atoms with E-state index in [9.17, 15) is 46.8 Å². The lowest BCUT2D eigenvalue weighted by Gasteiger charge is -2.17. The average molecular weight is 817 g/mol. The number of Topliss-reactive ketones (excluding diaryl/α,β-unsaturated/α-hetero) is 6. The van der Waals surface area contributed by atoms with Crippen LogP contribution in [0.25, 0.3) is 0 Å². The fourth-order valence-electron chi connectivity index (χ4n) is 8.14. The lowest BCUT2D eigenvalue weighted by molar-refractivity contribution is -0.124. The van der Waals surface area contributed by atoms with Crippen molar-refractivity contribution in [3.05, 3.63) is 130 Å². The molecule has 300 valence electrons. The minimum atomic E-state index is -4.47. The minimum Gasteiger partial charge on any atom is -0.445 e. The van der Waals surface area contributed by atoms with Crippen LogP contribution in [0.3, 0.4) is 0 Å². The number of hydrogen-bond acceptors (Lipinski definition) is 12. The van der Waals surface area contributed by atoms with Crippen molar-refractivity contribution in [2.45, 2.75) is 35.8 Å². The highest BCUT2D eigenvalue weighted by molar-refractivity contribution is 7.91. The molecule has 4 atom stereocenters. The number of carbonyl (C=O) groups excluding carboxylic acids is 8. The lowest BCUT2D eigenvalue weighted by Crippen LogP contribution is -2.35. The maximum atomic E-state index is 13.9. The molecule has 2 fully saturated rings. The van der Waals surface area contributed by atoms with Crippen LogP contribution >= 0.6 is 0 Å². The predicted octanol–water partition coefficient (Wildman–Crippen LogP) is 4.97. The van der Waals surface area contributed by atoms with Gasteiger partial charge in [-0.25, -0.2) is 18.0 Å². The summed E-state index contributed by atoms with van der Waals surface area (Å²) in [5.74, 6) is -9.61. The number of carbonyl (C=O) groups is 8. The zero-order chi connectivity index (χ0) is 41.6. The molecule has 0 bridgehead atoms. The Morgan fingerprint density at radius 1 is 0.525 bits per heavy atom. The maximum Gasteiger partial charge on any atom is 0.410 e. The van der Waals surface area contributed by atoms with Gasteiger partial charge in [0.15, 0.2) is 34.7 Å². The third-order valence-electron chi connectivity index (χ3n) is 11.4. The van der Waals surface area contributed by atoms with Crippen LogP contribution in [-0.2, 0) is 42.1 Å². The number of amides is 2. The summed E-state index contributed by atoms with van der Waals surface area (Å²) in [7, 11) is -4.47. The van der Waals surface area contributed by atoms with E-state index in [-0.39, 0.29) is 74.5 Å². The summed E-state index contributed by atoms with van der Waals surface area (Å²) in [6.45, 7) is 0.340. The highest BCUT2D eigenvalue weighted by Gasteiger charge is 2.49. The Morgan fingerprint density at radius 3 is 1.29 bits per heavy atom. The van der Waals surface area contributed by atoms with Gasteiger partial charge < -0.3 is 19.3 Å². The first-order valence-corrected chi connectivity index (χ1v) is 20.5. The number of benzene rings is 4. The Morgan fingerprint density at radius 2 is 0.898 bits per heavy atom. The summed E-state index contributed by atoms with van der Waals surface area (Å²) in [4.78, 5) is 108. The first-order valence-electron chi connectivity index (χ1n) is 19.0. The van der Waals surface area contributed by atoms with Crippen LogP contribution < -0.4 is 0 Å². The van der Waals surface area contributed by atoms with Crippen LogP contribution in [0.5, 0.6) is 0 Å². The summed E-state index contributed by atoms with van der Waals surface area (Å²) >= 11 is 0. The van der Waals surface area contributed by atoms with E-state index in [1.165, 1.54) is 9.80 Å². The highest BCUT2D eigenvalue weighted by Crippen LogP contribution is 2.37. The van der Waals surface area contributed by atoms with Crippen molar-refractivity contribution in [3.63, 3.8) is 0 Å². The molecule has 2 amide bonds. The van der Waals surface area contributed by atoms with E-state index in [0.717, 1.165) is 47.5 Å². The van der Waals surface area contributed by atoms with Crippen molar-refractivity contribution >= 4 is 56.7 Å². The Hall–Kier alpha value is -6.61. The van der Waals surface area contributed by atoms with Gasteiger partial charge in [-0.05, 0) is 60.4 Å². The van der Waals surface area contributed by atoms with Crippen LogP contribution in [-0.4, -0.2) is 91.3 Å². The third-order valence-corrected chi connectivity index (χ3v) is 13.1. The molecule has 0 N–H and O–H groups in total. The number of likely N-dealkylation sites (tertiary alicyclic amines) is 2. The highest BCUT2D eigenvalue weighted by atomic mass is 32.2. The van der Waals surface area contributed by atoms with Gasteiger partial charge in [0, 0.05) is 60.3 Å². The van der Waals surface area contributed by atoms with Crippen LogP contribution in [0.4, 0.5) is 9.59 Å². The van der Waals surface area contributed by atoms with Gasteiger partial charge in [-0.2, -0.15) is 0 Å². The molecule has 4 aliphatic rings. The van der Waals surface area contributed by atoms with Gasteiger partial charge in [0.25, 0.3) is 0 Å². The molecule has 4 aromatic carbocycles. The second kappa shape index (κ2) is 15.6. The number of rotatable bonds is 10. The first-order chi connectivity index (χ1) is 28.3. The van der Waals surface area contributed by atoms with E-state index in [1.807, 2.05) is 12.1 Å². The number of ketones is 6. The molecule has 0 aromatic heterocycles. The summed E-state index contributed by atoms with van der Waals surface area (Å²) in [5.41, 5.74) is 0.829. The molecule has 0 spiro atoms. The molecular weight excluding hydrogens is 781 g/mol. The third kappa shape index (κ3) is 7.26. The number of nitrogens with zero attached hydrogens (tertiary/aromatic N) is 2. The van der Waals surface area contributed by atoms with Gasteiger partial charge >= 0.3 is 12.2 Å². The minimum absolute atomic E-state index is 0.0332. The quantitative estimate of drug-likeness (QED) is 0.195. The van der Waals surface area contributed by atoms with E-state index < -0.39 is 90.2 Å². The monoisotopic (exact) mass is 816 g/mol. The topological polar surface area (TPSA) is 196 Å². The largest absolute Gasteiger partial charge is 0.445 e. The van der Waals surface area contributed by atoms with Crippen LogP contribution in [0.2, 0.25) is 0 Å². The van der Waals surface area contributed by atoms with Crippen molar-refractivity contribution in [1.29, 1.82) is 0 Å². The Balaban J connectivity index is 0.921. The second-order valence-corrected chi connectivity index (χ2v) is 16.9. The van der Waals surface area contributed by atoms with E-state index >= 15 is 0 Å². The summed E-state index contributed by atoms with van der Waals surface area (Å²) in [6, 6.07) is 24.7. The second-order valence-electron chi connectivity index (χ2n) is 15.0. The molecule has 15 heteroatoms. The summed E-state index contributed by atoms with van der Waals surface area (Å²) < 4.78 is 38.6. The van der Waals surface area contributed by atoms with Gasteiger partial charge in [0.1, 0.15) is 25.0 Å². The van der Waals surface area contributed by atoms with E-state index in [2.05, 4.69) is 0 Å². The normalized spacial score (nSPS) is 21.1. The molecule has 8 rings (SSSR count). The van der Waals surface area contributed by atoms with Gasteiger partial charge in [0.2, 0.25) is 9.84 Å². The van der Waals surface area contributed by atoms with Gasteiger partial charge in [-0.15, -0.1) is 0 Å². The fourth-order valence-corrected chi connectivity index (χ4v) is 9.45. The standard InChI is InChI=1S/C44H36N2O12S/c47-37(27-15-17-45(21-27)43(53)57-23-25-7-3-1-4-8-25)35-39(49)31-13-11-29(19-33(31)41(35)51)59(55,56)30-12-14-32-34(20-30)42(52)36(40(32)50)38(48)28-16-18-46(22-28)44(54)58-24-26-9-5-2-6-10-26/h1-14,19-20,27-28,35-36H,15-18,21-24H2. The molecule has 2 aliphatic heterocycles. The SMILES string of the molecule is O=C1c2ccc(S(=O)(=O)c3ccc4c(c3)C(=O)C(C(=O)C3CCN(C(=O)OCc5ccccc5)C3)C4=O)cc2C(=O)C1C(=O)C1CCN(C(=O)OCc2ccccc2)C1. The predicted molar refractivity (Wildman–Crippen MR) is 205 cm³/mol. The number of hydrogen-bond donors (Lipinski definition) is 0. The van der Waals surface area contributed by atoms with E-state index in [4.69, 9.17) is 9.47 Å².